The number of hydrogen-bond donors (Lipinski definition) is 1. The van der Waals surface area contributed by atoms with Crippen LogP contribution in [0.3, 0.4) is 0 Å². The van der Waals surface area contributed by atoms with Gasteiger partial charge in [0.15, 0.2) is 0 Å². The minimum atomic E-state index is 0.0341. The molecular formula is C17H19N3S. The monoisotopic (exact) mass is 297 g/mol. The van der Waals surface area contributed by atoms with E-state index in [9.17, 15) is 0 Å². The third-order valence-corrected chi connectivity index (χ3v) is 4.61. The van der Waals surface area contributed by atoms with Crippen LogP contribution in [0.1, 0.15) is 31.3 Å². The molecule has 0 aliphatic carbocycles. The van der Waals surface area contributed by atoms with Gasteiger partial charge in [-0.15, -0.1) is 11.3 Å². The third kappa shape index (κ3) is 3.12. The van der Waals surface area contributed by atoms with Gasteiger partial charge >= 0.3 is 0 Å². The Labute approximate surface area is 128 Å². The second kappa shape index (κ2) is 5.92. The van der Waals surface area contributed by atoms with E-state index in [0.717, 1.165) is 16.9 Å². The highest BCUT2D eigenvalue weighted by Crippen LogP contribution is 2.31. The summed E-state index contributed by atoms with van der Waals surface area (Å²) in [5, 5.41) is 1.03. The van der Waals surface area contributed by atoms with Gasteiger partial charge in [-0.3, -0.25) is 4.98 Å². The molecule has 0 saturated heterocycles. The predicted octanol–water partition coefficient (Wildman–Crippen LogP) is 4.40. The van der Waals surface area contributed by atoms with Gasteiger partial charge in [0.25, 0.3) is 0 Å². The summed E-state index contributed by atoms with van der Waals surface area (Å²) in [5.74, 6) is 0.583. The van der Waals surface area contributed by atoms with Gasteiger partial charge in [-0.25, -0.2) is 4.98 Å². The van der Waals surface area contributed by atoms with Crippen molar-refractivity contribution in [3.05, 3.63) is 47.7 Å². The molecule has 108 valence electrons. The highest BCUT2D eigenvalue weighted by Gasteiger charge is 2.14. The summed E-state index contributed by atoms with van der Waals surface area (Å²) >= 11 is 1.70. The van der Waals surface area contributed by atoms with Crippen LogP contribution in [0.4, 0.5) is 0 Å². The Bertz CT molecular complexity index is 734. The van der Waals surface area contributed by atoms with Crippen molar-refractivity contribution in [2.45, 2.75) is 26.3 Å². The number of rotatable bonds is 4. The van der Waals surface area contributed by atoms with Crippen LogP contribution in [0, 0.1) is 5.92 Å². The largest absolute Gasteiger partial charge is 0.322 e. The van der Waals surface area contributed by atoms with Crippen molar-refractivity contribution in [3.63, 3.8) is 0 Å². The molecule has 3 aromatic rings. The van der Waals surface area contributed by atoms with Crippen molar-refractivity contribution in [3.8, 4) is 11.1 Å². The minimum Gasteiger partial charge on any atom is -0.322 e. The maximum Gasteiger partial charge on any atom is 0.111 e. The maximum absolute atomic E-state index is 6.25. The molecule has 0 bridgehead atoms. The van der Waals surface area contributed by atoms with E-state index in [0.29, 0.717) is 5.92 Å². The summed E-state index contributed by atoms with van der Waals surface area (Å²) in [6.45, 7) is 4.38. The molecule has 1 aromatic carbocycles. The third-order valence-electron chi connectivity index (χ3n) is 3.46. The van der Waals surface area contributed by atoms with E-state index in [1.54, 1.807) is 11.3 Å². The molecular weight excluding hydrogens is 278 g/mol. The highest BCUT2D eigenvalue weighted by molar-refractivity contribution is 7.18. The first-order valence-electron chi connectivity index (χ1n) is 7.20. The van der Waals surface area contributed by atoms with Crippen LogP contribution in [-0.2, 0) is 0 Å². The number of aromatic nitrogens is 2. The van der Waals surface area contributed by atoms with E-state index in [2.05, 4.69) is 42.0 Å². The van der Waals surface area contributed by atoms with Crippen LogP contribution in [-0.4, -0.2) is 9.97 Å². The van der Waals surface area contributed by atoms with Gasteiger partial charge in [0.2, 0.25) is 0 Å². The van der Waals surface area contributed by atoms with Gasteiger partial charge < -0.3 is 5.73 Å². The summed E-state index contributed by atoms with van der Waals surface area (Å²) in [7, 11) is 0. The van der Waals surface area contributed by atoms with Crippen LogP contribution < -0.4 is 5.73 Å². The normalized spacial score (nSPS) is 13.0. The number of thiazole rings is 1. The number of nitrogens with two attached hydrogens (primary N) is 1. The van der Waals surface area contributed by atoms with Gasteiger partial charge in [-0.1, -0.05) is 19.9 Å². The van der Waals surface area contributed by atoms with E-state index in [-0.39, 0.29) is 6.04 Å². The number of nitrogens with zero attached hydrogens (tertiary/aromatic N) is 2. The topological polar surface area (TPSA) is 51.8 Å². The van der Waals surface area contributed by atoms with Crippen LogP contribution in [0.2, 0.25) is 0 Å². The number of hydrogen-bond acceptors (Lipinski definition) is 4. The molecule has 3 rings (SSSR count). The Balaban J connectivity index is 1.95. The summed E-state index contributed by atoms with van der Waals surface area (Å²) in [6.07, 6.45) is 4.60. The molecule has 2 aromatic heterocycles. The van der Waals surface area contributed by atoms with Gasteiger partial charge in [0.1, 0.15) is 5.01 Å². The Morgan fingerprint density at radius 3 is 2.57 bits per heavy atom. The summed E-state index contributed by atoms with van der Waals surface area (Å²) in [5.41, 5.74) is 9.65. The quantitative estimate of drug-likeness (QED) is 0.776. The van der Waals surface area contributed by atoms with Crippen LogP contribution >= 0.6 is 11.3 Å². The molecule has 0 spiro atoms. The average Bonchev–Trinajstić information content (AvgIpc) is 2.90. The lowest BCUT2D eigenvalue weighted by molar-refractivity contribution is 0.509. The van der Waals surface area contributed by atoms with Crippen molar-refractivity contribution >= 4 is 21.6 Å². The zero-order valence-corrected chi connectivity index (χ0v) is 13.1. The van der Waals surface area contributed by atoms with Gasteiger partial charge in [-0.05, 0) is 47.7 Å². The standard InChI is InChI=1S/C17H19N3S/c1-11(2)9-14(18)17-20-15-4-3-13(10-16(15)21-17)12-5-7-19-8-6-12/h3-8,10-11,14H,9,18H2,1-2H3. The molecule has 1 atom stereocenters. The molecule has 2 heterocycles. The van der Waals surface area contributed by atoms with Crippen LogP contribution in [0.25, 0.3) is 21.3 Å². The fraction of sp³-hybridized carbons (Fsp3) is 0.294. The van der Waals surface area contributed by atoms with Crippen LogP contribution in [0.15, 0.2) is 42.7 Å². The molecule has 2 N–H and O–H groups in total. The Morgan fingerprint density at radius 1 is 1.10 bits per heavy atom. The summed E-state index contributed by atoms with van der Waals surface area (Å²) in [6, 6.07) is 10.4. The first kappa shape index (κ1) is 14.2. The Kier molecular flexibility index (Phi) is 3.99. The van der Waals surface area contributed by atoms with E-state index in [1.807, 2.05) is 24.5 Å². The smallest absolute Gasteiger partial charge is 0.111 e. The highest BCUT2D eigenvalue weighted by atomic mass is 32.1. The van der Waals surface area contributed by atoms with Gasteiger partial charge in [-0.2, -0.15) is 0 Å². The summed E-state index contributed by atoms with van der Waals surface area (Å²) in [4.78, 5) is 8.74. The molecule has 0 fully saturated rings. The Hall–Kier alpha value is -1.78. The Morgan fingerprint density at radius 2 is 1.86 bits per heavy atom. The molecule has 21 heavy (non-hydrogen) atoms. The fourth-order valence-corrected chi connectivity index (χ4v) is 3.45. The predicted molar refractivity (Wildman–Crippen MR) is 89.2 cm³/mol. The number of benzene rings is 1. The van der Waals surface area contributed by atoms with E-state index >= 15 is 0 Å². The number of fused-ring (bicyclic) bond motifs is 1. The lowest BCUT2D eigenvalue weighted by Crippen LogP contribution is -2.12. The minimum absolute atomic E-state index is 0.0341. The second-order valence-corrected chi connectivity index (χ2v) is 6.77. The van der Waals surface area contributed by atoms with Crippen molar-refractivity contribution in [1.82, 2.24) is 9.97 Å². The SMILES string of the molecule is CC(C)CC(N)c1nc2ccc(-c3ccncc3)cc2s1. The van der Waals surface area contributed by atoms with E-state index in [1.165, 1.54) is 15.8 Å². The van der Waals surface area contributed by atoms with E-state index in [4.69, 9.17) is 5.73 Å². The number of pyridine rings is 1. The molecule has 0 saturated carbocycles. The lowest BCUT2D eigenvalue weighted by Gasteiger charge is -2.10. The van der Waals surface area contributed by atoms with Crippen molar-refractivity contribution in [2.75, 3.05) is 0 Å². The first-order chi connectivity index (χ1) is 10.1. The van der Waals surface area contributed by atoms with Crippen molar-refractivity contribution < 1.29 is 0 Å². The van der Waals surface area contributed by atoms with Crippen LogP contribution in [0.5, 0.6) is 0 Å². The molecule has 1 unspecified atom stereocenters. The first-order valence-corrected chi connectivity index (χ1v) is 8.01. The zero-order chi connectivity index (χ0) is 14.8. The average molecular weight is 297 g/mol. The lowest BCUT2D eigenvalue weighted by atomic mass is 10.1. The van der Waals surface area contributed by atoms with Crippen molar-refractivity contribution in [1.29, 1.82) is 0 Å². The van der Waals surface area contributed by atoms with Gasteiger partial charge in [0.05, 0.1) is 16.3 Å². The summed E-state index contributed by atoms with van der Waals surface area (Å²) < 4.78 is 1.19. The second-order valence-electron chi connectivity index (χ2n) is 5.71. The maximum atomic E-state index is 6.25. The fourth-order valence-electron chi connectivity index (χ4n) is 2.43. The molecule has 0 radical (unpaired) electrons. The molecule has 0 aliphatic rings. The molecule has 4 heteroatoms. The molecule has 0 aliphatic heterocycles. The van der Waals surface area contributed by atoms with E-state index < -0.39 is 0 Å². The zero-order valence-electron chi connectivity index (χ0n) is 12.3. The molecule has 3 nitrogen and oxygen atoms in total. The molecule has 0 amide bonds. The van der Waals surface area contributed by atoms with Gasteiger partial charge in [0, 0.05) is 12.4 Å². The van der Waals surface area contributed by atoms with Crippen molar-refractivity contribution in [2.24, 2.45) is 11.7 Å².